The molecule has 0 heterocycles. The Kier molecular flexibility index (Phi) is 5.89. The van der Waals surface area contributed by atoms with Crippen LogP contribution in [0.4, 0.5) is 0 Å². The molecule has 0 amide bonds. The van der Waals surface area contributed by atoms with Gasteiger partial charge < -0.3 is 14.2 Å². The van der Waals surface area contributed by atoms with Crippen molar-refractivity contribution in [2.45, 2.75) is 0 Å². The summed E-state index contributed by atoms with van der Waals surface area (Å²) in [4.78, 5) is 0. The maximum absolute atomic E-state index is 5.35. The Morgan fingerprint density at radius 3 is 2.86 bits per heavy atom. The highest BCUT2D eigenvalue weighted by Crippen LogP contribution is 2.14. The second-order valence-corrected chi connectivity index (χ2v) is 3.87. The minimum atomic E-state index is 0.267. The van der Waals surface area contributed by atoms with Gasteiger partial charge in [-0.1, -0.05) is 6.07 Å². The van der Waals surface area contributed by atoms with Crippen molar-refractivity contribution in [3.8, 4) is 5.75 Å². The van der Waals surface area contributed by atoms with Crippen LogP contribution in [0.3, 0.4) is 0 Å². The normalized spacial score (nSPS) is 10.1. The van der Waals surface area contributed by atoms with Crippen LogP contribution in [0.25, 0.3) is 0 Å². The summed E-state index contributed by atoms with van der Waals surface area (Å²) in [5.74, 6) is 0.828. The van der Waals surface area contributed by atoms with Crippen LogP contribution in [-0.2, 0) is 9.47 Å². The Bertz CT molecular complexity index is 265. The van der Waals surface area contributed by atoms with Crippen LogP contribution < -0.4 is 4.74 Å². The fourth-order valence-electron chi connectivity index (χ4n) is 0.868. The number of rotatable bonds is 6. The lowest BCUT2D eigenvalue weighted by atomic mass is 10.3. The van der Waals surface area contributed by atoms with Gasteiger partial charge in [0, 0.05) is 10.7 Å². The van der Waals surface area contributed by atoms with E-state index in [-0.39, 0.29) is 6.79 Å². The van der Waals surface area contributed by atoms with Gasteiger partial charge in [0.1, 0.15) is 5.75 Å². The van der Waals surface area contributed by atoms with Gasteiger partial charge in [-0.05, 0) is 40.8 Å². The second kappa shape index (κ2) is 7.03. The standard InChI is InChI=1S/C10H13IO3/c1-12-5-6-13-8-14-10-4-2-3-9(11)7-10/h2-4,7H,5-6,8H2,1H3. The lowest BCUT2D eigenvalue weighted by Crippen LogP contribution is -2.07. The smallest absolute Gasteiger partial charge is 0.189 e. The monoisotopic (exact) mass is 308 g/mol. The topological polar surface area (TPSA) is 27.7 Å². The number of hydrogen-bond donors (Lipinski definition) is 0. The summed E-state index contributed by atoms with van der Waals surface area (Å²) in [5.41, 5.74) is 0. The third-order valence-corrected chi connectivity index (χ3v) is 2.21. The van der Waals surface area contributed by atoms with Crippen LogP contribution in [0.15, 0.2) is 24.3 Å². The van der Waals surface area contributed by atoms with Crippen molar-refractivity contribution in [2.24, 2.45) is 0 Å². The third-order valence-electron chi connectivity index (χ3n) is 1.54. The van der Waals surface area contributed by atoms with Crippen molar-refractivity contribution in [3.63, 3.8) is 0 Å². The van der Waals surface area contributed by atoms with Crippen LogP contribution in [-0.4, -0.2) is 27.1 Å². The van der Waals surface area contributed by atoms with Gasteiger partial charge in [0.15, 0.2) is 6.79 Å². The zero-order valence-corrected chi connectivity index (χ0v) is 10.2. The molecular weight excluding hydrogens is 295 g/mol. The molecule has 78 valence electrons. The number of benzene rings is 1. The van der Waals surface area contributed by atoms with Crippen LogP contribution in [0, 0.1) is 3.57 Å². The molecule has 0 N–H and O–H groups in total. The number of ether oxygens (including phenoxy) is 3. The molecule has 0 aliphatic carbocycles. The quantitative estimate of drug-likeness (QED) is 0.458. The van der Waals surface area contributed by atoms with Crippen LogP contribution in [0.1, 0.15) is 0 Å². The van der Waals surface area contributed by atoms with E-state index in [2.05, 4.69) is 22.6 Å². The Labute approximate surface area is 97.5 Å². The molecule has 1 aromatic carbocycles. The average Bonchev–Trinajstić information content (AvgIpc) is 2.18. The Balaban J connectivity index is 2.18. The fourth-order valence-corrected chi connectivity index (χ4v) is 1.38. The third kappa shape index (κ3) is 4.78. The zero-order valence-electron chi connectivity index (χ0n) is 8.03. The van der Waals surface area contributed by atoms with Crippen molar-refractivity contribution >= 4 is 22.6 Å². The van der Waals surface area contributed by atoms with Crippen molar-refractivity contribution in [1.82, 2.24) is 0 Å². The predicted octanol–water partition coefficient (Wildman–Crippen LogP) is 2.29. The van der Waals surface area contributed by atoms with E-state index in [1.807, 2.05) is 24.3 Å². The molecule has 0 fully saturated rings. The molecule has 0 saturated carbocycles. The Hall–Kier alpha value is -0.330. The largest absolute Gasteiger partial charge is 0.468 e. The van der Waals surface area contributed by atoms with Crippen LogP contribution in [0.5, 0.6) is 5.75 Å². The van der Waals surface area contributed by atoms with Gasteiger partial charge in [-0.2, -0.15) is 0 Å². The summed E-state index contributed by atoms with van der Waals surface area (Å²) in [6, 6.07) is 7.83. The lowest BCUT2D eigenvalue weighted by molar-refractivity contribution is -0.00849. The molecule has 0 aromatic heterocycles. The summed E-state index contributed by atoms with van der Waals surface area (Å²) < 4.78 is 16.5. The highest BCUT2D eigenvalue weighted by molar-refractivity contribution is 14.1. The lowest BCUT2D eigenvalue weighted by Gasteiger charge is -2.06. The second-order valence-electron chi connectivity index (χ2n) is 2.62. The van der Waals surface area contributed by atoms with E-state index >= 15 is 0 Å². The van der Waals surface area contributed by atoms with Gasteiger partial charge in [-0.15, -0.1) is 0 Å². The minimum Gasteiger partial charge on any atom is -0.468 e. The molecule has 0 spiro atoms. The summed E-state index contributed by atoms with van der Waals surface area (Å²) in [6.45, 7) is 1.42. The maximum Gasteiger partial charge on any atom is 0.189 e. The highest BCUT2D eigenvalue weighted by Gasteiger charge is 1.93. The Morgan fingerprint density at radius 1 is 1.29 bits per heavy atom. The SMILES string of the molecule is COCCOCOc1cccc(I)c1. The number of halogens is 1. The van der Waals surface area contributed by atoms with E-state index in [0.29, 0.717) is 13.2 Å². The molecule has 14 heavy (non-hydrogen) atoms. The molecular formula is C10H13IO3. The van der Waals surface area contributed by atoms with Crippen molar-refractivity contribution < 1.29 is 14.2 Å². The first-order valence-electron chi connectivity index (χ1n) is 4.28. The summed E-state index contributed by atoms with van der Waals surface area (Å²) in [5, 5.41) is 0. The van der Waals surface area contributed by atoms with Crippen molar-refractivity contribution in [3.05, 3.63) is 27.8 Å². The number of hydrogen-bond acceptors (Lipinski definition) is 3. The molecule has 4 heteroatoms. The molecule has 0 atom stereocenters. The average molecular weight is 308 g/mol. The van der Waals surface area contributed by atoms with E-state index in [1.165, 1.54) is 0 Å². The van der Waals surface area contributed by atoms with Crippen LogP contribution in [0.2, 0.25) is 0 Å². The maximum atomic E-state index is 5.35. The van der Waals surface area contributed by atoms with Crippen molar-refractivity contribution in [1.29, 1.82) is 0 Å². The van der Waals surface area contributed by atoms with Gasteiger partial charge in [0.05, 0.1) is 13.2 Å². The van der Waals surface area contributed by atoms with Gasteiger partial charge in [-0.25, -0.2) is 0 Å². The molecule has 1 aromatic rings. The van der Waals surface area contributed by atoms with Crippen LogP contribution >= 0.6 is 22.6 Å². The van der Waals surface area contributed by atoms with Gasteiger partial charge >= 0.3 is 0 Å². The first-order chi connectivity index (χ1) is 6.83. The Morgan fingerprint density at radius 2 is 2.14 bits per heavy atom. The van der Waals surface area contributed by atoms with Gasteiger partial charge in [0.25, 0.3) is 0 Å². The fraction of sp³-hybridized carbons (Fsp3) is 0.400. The van der Waals surface area contributed by atoms with E-state index in [0.717, 1.165) is 9.32 Å². The summed E-state index contributed by atoms with van der Waals surface area (Å²) in [7, 11) is 1.64. The zero-order chi connectivity index (χ0) is 10.2. The molecule has 0 bridgehead atoms. The molecule has 3 nitrogen and oxygen atoms in total. The molecule has 0 radical (unpaired) electrons. The molecule has 0 unspecified atom stereocenters. The summed E-state index contributed by atoms with van der Waals surface area (Å²) >= 11 is 2.24. The number of methoxy groups -OCH3 is 1. The first-order valence-corrected chi connectivity index (χ1v) is 5.36. The highest BCUT2D eigenvalue weighted by atomic mass is 127. The molecule has 0 aliphatic heterocycles. The van der Waals surface area contributed by atoms with Gasteiger partial charge in [-0.3, -0.25) is 0 Å². The molecule has 0 saturated heterocycles. The molecule has 1 rings (SSSR count). The van der Waals surface area contributed by atoms with Crippen molar-refractivity contribution in [2.75, 3.05) is 27.1 Å². The van der Waals surface area contributed by atoms with E-state index in [9.17, 15) is 0 Å². The van der Waals surface area contributed by atoms with Gasteiger partial charge in [0.2, 0.25) is 0 Å². The minimum absolute atomic E-state index is 0.267. The van der Waals surface area contributed by atoms with E-state index < -0.39 is 0 Å². The summed E-state index contributed by atoms with van der Waals surface area (Å²) in [6.07, 6.45) is 0. The van der Waals surface area contributed by atoms with E-state index in [1.54, 1.807) is 7.11 Å². The first kappa shape index (κ1) is 11.7. The molecule has 0 aliphatic rings. The van der Waals surface area contributed by atoms with E-state index in [4.69, 9.17) is 14.2 Å². The predicted molar refractivity (Wildman–Crippen MR) is 62.5 cm³/mol.